The lowest BCUT2D eigenvalue weighted by molar-refractivity contribution is -0.125. The highest BCUT2D eigenvalue weighted by Crippen LogP contribution is 2.25. The average Bonchev–Trinajstić information content (AvgIpc) is 2.86. The van der Waals surface area contributed by atoms with Gasteiger partial charge < -0.3 is 20.5 Å². The lowest BCUT2D eigenvalue weighted by Crippen LogP contribution is -2.54. The molecule has 1 aliphatic rings. The summed E-state index contributed by atoms with van der Waals surface area (Å²) in [6.45, 7) is 10.7. The third-order valence-electron chi connectivity index (χ3n) is 5.61. The van der Waals surface area contributed by atoms with E-state index in [1.165, 1.54) is 16.4 Å². The van der Waals surface area contributed by atoms with Gasteiger partial charge in [-0.25, -0.2) is 13.2 Å². The van der Waals surface area contributed by atoms with Gasteiger partial charge in [0.1, 0.15) is 11.6 Å². The van der Waals surface area contributed by atoms with Gasteiger partial charge in [0, 0.05) is 12.6 Å². The van der Waals surface area contributed by atoms with Gasteiger partial charge in [-0.1, -0.05) is 32.0 Å². The van der Waals surface area contributed by atoms with E-state index in [4.69, 9.17) is 4.74 Å². The number of aliphatic hydroxyl groups excluding tert-OH is 1. The molecule has 0 bridgehead atoms. The number of ether oxygens (including phenoxy) is 1. The van der Waals surface area contributed by atoms with Crippen LogP contribution in [0, 0.1) is 5.92 Å². The quantitative estimate of drug-likeness (QED) is 0.532. The largest absolute Gasteiger partial charge is 0.444 e. The molecule has 1 aromatic rings. The van der Waals surface area contributed by atoms with Gasteiger partial charge in [0.25, 0.3) is 0 Å². The number of carbonyl (C=O) groups excluding carboxylic acids is 2. The first kappa shape index (κ1) is 28.1. The number of β-amino-alcohol motifs (C(OH)–C–C–N with tert-alkyl or cyclic N) is 1. The number of benzene rings is 1. The monoisotopic (exact) mass is 497 g/mol. The van der Waals surface area contributed by atoms with Crippen LogP contribution in [0.4, 0.5) is 4.79 Å². The third kappa shape index (κ3) is 7.95. The molecule has 1 aliphatic heterocycles. The summed E-state index contributed by atoms with van der Waals surface area (Å²) in [5.74, 6) is -0.313. The zero-order valence-corrected chi connectivity index (χ0v) is 21.8. The third-order valence-corrected chi connectivity index (χ3v) is 7.60. The minimum atomic E-state index is -3.80. The normalized spacial score (nSPS) is 23.1. The zero-order chi connectivity index (χ0) is 25.7. The van der Waals surface area contributed by atoms with Gasteiger partial charge in [-0.15, -0.1) is 0 Å². The second kappa shape index (κ2) is 11.5. The zero-order valence-electron chi connectivity index (χ0n) is 20.9. The van der Waals surface area contributed by atoms with Gasteiger partial charge in [-0.3, -0.25) is 4.79 Å². The van der Waals surface area contributed by atoms with E-state index in [1.807, 2.05) is 13.8 Å². The van der Waals surface area contributed by atoms with Crippen LogP contribution in [0.5, 0.6) is 0 Å². The maximum atomic E-state index is 13.2. The highest BCUT2D eigenvalue weighted by atomic mass is 32.2. The number of hydrogen-bond acceptors (Lipinski definition) is 6. The Hall–Kier alpha value is -2.17. The van der Waals surface area contributed by atoms with Gasteiger partial charge in [-0.2, -0.15) is 4.31 Å². The number of carbonyl (C=O) groups is 2. The number of aliphatic hydroxyl groups is 1. The number of sulfonamides is 1. The van der Waals surface area contributed by atoms with Crippen LogP contribution in [0.15, 0.2) is 35.2 Å². The Kier molecular flexibility index (Phi) is 9.50. The SMILES string of the molecule is CC(C)C[C@H](NC(=O)OC(C)(C)C)C(=O)N[C@H]1CC[C@@H](C)N(S(=O)(=O)c2ccccc2)C[C@H]1O. The number of alkyl carbamates (subject to hydrolysis) is 1. The Balaban J connectivity index is 2.13. The Labute approximate surface area is 203 Å². The van der Waals surface area contributed by atoms with Gasteiger partial charge in [0.05, 0.1) is 17.0 Å². The van der Waals surface area contributed by atoms with Crippen molar-refractivity contribution < 1.29 is 27.9 Å². The van der Waals surface area contributed by atoms with E-state index >= 15 is 0 Å². The lowest BCUT2D eigenvalue weighted by Gasteiger charge is -2.29. The molecular formula is C24H39N3O6S. The summed E-state index contributed by atoms with van der Waals surface area (Å²) in [7, 11) is -3.80. The van der Waals surface area contributed by atoms with Crippen molar-refractivity contribution in [3.8, 4) is 0 Å². The van der Waals surface area contributed by atoms with Crippen LogP contribution in [0.25, 0.3) is 0 Å². The first-order valence-electron chi connectivity index (χ1n) is 11.8. The summed E-state index contributed by atoms with van der Waals surface area (Å²) in [5, 5.41) is 16.3. The molecule has 0 spiro atoms. The molecule has 0 aromatic heterocycles. The van der Waals surface area contributed by atoms with Crippen molar-refractivity contribution in [3.05, 3.63) is 30.3 Å². The lowest BCUT2D eigenvalue weighted by atomic mass is 10.0. The van der Waals surface area contributed by atoms with Gasteiger partial charge in [0.15, 0.2) is 0 Å². The molecule has 1 saturated heterocycles. The minimum Gasteiger partial charge on any atom is -0.444 e. The molecule has 0 aliphatic carbocycles. The summed E-state index contributed by atoms with van der Waals surface area (Å²) in [6.07, 6.45) is -0.547. The highest BCUT2D eigenvalue weighted by Gasteiger charge is 2.38. The molecular weight excluding hydrogens is 458 g/mol. The predicted octanol–water partition coefficient (Wildman–Crippen LogP) is 2.64. The van der Waals surface area contributed by atoms with E-state index in [0.717, 1.165) is 0 Å². The first-order chi connectivity index (χ1) is 15.7. The summed E-state index contributed by atoms with van der Waals surface area (Å²) in [4.78, 5) is 25.5. The highest BCUT2D eigenvalue weighted by molar-refractivity contribution is 7.89. The summed E-state index contributed by atoms with van der Waals surface area (Å²) >= 11 is 0. The molecule has 2 amide bonds. The molecule has 10 heteroatoms. The first-order valence-corrected chi connectivity index (χ1v) is 13.2. The number of rotatable bonds is 7. The minimum absolute atomic E-state index is 0.122. The van der Waals surface area contributed by atoms with Crippen LogP contribution in [-0.2, 0) is 19.6 Å². The summed E-state index contributed by atoms with van der Waals surface area (Å²) < 4.78 is 32.9. The Morgan fingerprint density at radius 3 is 2.35 bits per heavy atom. The maximum Gasteiger partial charge on any atom is 0.408 e. The topological polar surface area (TPSA) is 125 Å². The van der Waals surface area contributed by atoms with Crippen molar-refractivity contribution in [2.75, 3.05) is 6.54 Å². The van der Waals surface area contributed by atoms with E-state index in [9.17, 15) is 23.1 Å². The molecule has 2 rings (SSSR count). The molecule has 3 N–H and O–H groups in total. The van der Waals surface area contributed by atoms with Crippen LogP contribution >= 0.6 is 0 Å². The van der Waals surface area contributed by atoms with Crippen LogP contribution in [0.2, 0.25) is 0 Å². The molecule has 1 fully saturated rings. The molecule has 4 atom stereocenters. The van der Waals surface area contributed by atoms with Crippen molar-refractivity contribution in [2.45, 2.75) is 95.5 Å². The Bertz CT molecular complexity index is 930. The van der Waals surface area contributed by atoms with Crippen LogP contribution in [0.3, 0.4) is 0 Å². The van der Waals surface area contributed by atoms with E-state index in [2.05, 4.69) is 10.6 Å². The van der Waals surface area contributed by atoms with Crippen molar-refractivity contribution in [1.29, 1.82) is 0 Å². The van der Waals surface area contributed by atoms with Crippen molar-refractivity contribution in [1.82, 2.24) is 14.9 Å². The summed E-state index contributed by atoms with van der Waals surface area (Å²) in [5.41, 5.74) is -0.704. The van der Waals surface area contributed by atoms with Crippen molar-refractivity contribution in [3.63, 3.8) is 0 Å². The Morgan fingerprint density at radius 1 is 1.18 bits per heavy atom. The fourth-order valence-electron chi connectivity index (χ4n) is 3.92. The van der Waals surface area contributed by atoms with Crippen LogP contribution in [0.1, 0.15) is 60.8 Å². The molecule has 1 heterocycles. The van der Waals surface area contributed by atoms with E-state index < -0.39 is 45.8 Å². The summed E-state index contributed by atoms with van der Waals surface area (Å²) in [6, 6.07) is 6.25. The molecule has 0 radical (unpaired) electrons. The average molecular weight is 498 g/mol. The van der Waals surface area contributed by atoms with Gasteiger partial charge in [0.2, 0.25) is 15.9 Å². The van der Waals surface area contributed by atoms with Gasteiger partial charge >= 0.3 is 6.09 Å². The van der Waals surface area contributed by atoms with Crippen molar-refractivity contribution >= 4 is 22.0 Å². The number of hydrogen-bond donors (Lipinski definition) is 3. The van der Waals surface area contributed by atoms with Crippen molar-refractivity contribution in [2.24, 2.45) is 5.92 Å². The van der Waals surface area contributed by atoms with Crippen LogP contribution in [-0.4, -0.2) is 66.2 Å². The van der Waals surface area contributed by atoms with E-state index in [-0.39, 0.29) is 23.4 Å². The van der Waals surface area contributed by atoms with E-state index in [1.54, 1.807) is 45.9 Å². The van der Waals surface area contributed by atoms with E-state index in [0.29, 0.717) is 19.3 Å². The molecule has 9 nitrogen and oxygen atoms in total. The number of nitrogens with one attached hydrogen (secondary N) is 2. The Morgan fingerprint density at radius 2 is 1.79 bits per heavy atom. The second-order valence-corrected chi connectivity index (χ2v) is 12.2. The fourth-order valence-corrected chi connectivity index (χ4v) is 5.62. The molecule has 192 valence electrons. The van der Waals surface area contributed by atoms with Crippen LogP contribution < -0.4 is 10.6 Å². The maximum absolute atomic E-state index is 13.2. The molecule has 0 unspecified atom stereocenters. The number of nitrogens with zero attached hydrogens (tertiary/aromatic N) is 1. The molecule has 34 heavy (non-hydrogen) atoms. The second-order valence-electron chi connectivity index (χ2n) is 10.3. The number of amides is 2. The molecule has 1 aromatic carbocycles. The van der Waals surface area contributed by atoms with Gasteiger partial charge in [-0.05, 0) is 65.0 Å². The predicted molar refractivity (Wildman–Crippen MR) is 130 cm³/mol. The smallest absolute Gasteiger partial charge is 0.408 e. The fraction of sp³-hybridized carbons (Fsp3) is 0.667. The molecule has 0 saturated carbocycles. The standard InChI is InChI=1S/C24H39N3O6S/c1-16(2)14-20(26-23(30)33-24(4,5)6)22(29)25-19-13-12-17(3)27(15-21(19)28)34(31,32)18-10-8-7-9-11-18/h7-11,16-17,19-21,28H,12-15H2,1-6H3,(H,25,29)(H,26,30)/t17-,19+,20+,21-/m1/s1.